The van der Waals surface area contributed by atoms with Gasteiger partial charge in [-0.05, 0) is 25.0 Å². The number of rotatable bonds is 5. The summed E-state index contributed by atoms with van der Waals surface area (Å²) in [5.74, 6) is -0.0435. The number of aromatic nitrogens is 3. The summed E-state index contributed by atoms with van der Waals surface area (Å²) < 4.78 is 8.44. The van der Waals surface area contributed by atoms with Crippen molar-refractivity contribution in [3.05, 3.63) is 52.7 Å². The van der Waals surface area contributed by atoms with E-state index in [0.717, 1.165) is 19.4 Å². The SMILES string of the molecule is COCCn1cc(C(=O)N2CCC[C@H](n3cccn3)C2)ccc1=O. The average Bonchev–Trinajstić information content (AvgIpc) is 3.15. The van der Waals surface area contributed by atoms with Crippen molar-refractivity contribution in [2.75, 3.05) is 26.8 Å². The summed E-state index contributed by atoms with van der Waals surface area (Å²) in [4.78, 5) is 26.5. The van der Waals surface area contributed by atoms with Gasteiger partial charge in [0.25, 0.3) is 11.5 Å². The van der Waals surface area contributed by atoms with E-state index in [1.807, 2.05) is 21.8 Å². The Morgan fingerprint density at radius 1 is 1.42 bits per heavy atom. The number of hydrogen-bond acceptors (Lipinski definition) is 4. The van der Waals surface area contributed by atoms with Crippen molar-refractivity contribution in [1.82, 2.24) is 19.2 Å². The van der Waals surface area contributed by atoms with Crippen LogP contribution in [0.2, 0.25) is 0 Å². The van der Waals surface area contributed by atoms with Crippen LogP contribution in [0.25, 0.3) is 0 Å². The highest BCUT2D eigenvalue weighted by atomic mass is 16.5. The largest absolute Gasteiger partial charge is 0.383 e. The molecule has 0 unspecified atom stereocenters. The first-order chi connectivity index (χ1) is 11.7. The van der Waals surface area contributed by atoms with Gasteiger partial charge in [0.1, 0.15) is 0 Å². The fourth-order valence-electron chi connectivity index (χ4n) is 3.06. The molecule has 3 heterocycles. The molecule has 7 nitrogen and oxygen atoms in total. The number of ether oxygens (including phenoxy) is 1. The Morgan fingerprint density at radius 2 is 2.29 bits per heavy atom. The molecule has 7 heteroatoms. The van der Waals surface area contributed by atoms with E-state index in [9.17, 15) is 9.59 Å². The maximum absolute atomic E-state index is 12.8. The van der Waals surface area contributed by atoms with Crippen molar-refractivity contribution in [3.8, 4) is 0 Å². The molecular formula is C17H22N4O3. The van der Waals surface area contributed by atoms with E-state index < -0.39 is 0 Å². The van der Waals surface area contributed by atoms with E-state index in [1.165, 1.54) is 10.6 Å². The van der Waals surface area contributed by atoms with Gasteiger partial charge < -0.3 is 14.2 Å². The Labute approximate surface area is 140 Å². The van der Waals surface area contributed by atoms with Crippen LogP contribution in [0, 0.1) is 0 Å². The third kappa shape index (κ3) is 3.56. The molecule has 0 aromatic carbocycles. The second kappa shape index (κ2) is 7.44. The summed E-state index contributed by atoms with van der Waals surface area (Å²) in [5.41, 5.74) is 0.406. The summed E-state index contributed by atoms with van der Waals surface area (Å²) >= 11 is 0. The van der Waals surface area contributed by atoms with Crippen molar-refractivity contribution < 1.29 is 9.53 Å². The Bertz CT molecular complexity index is 739. The molecule has 1 saturated heterocycles. The first-order valence-electron chi connectivity index (χ1n) is 8.17. The van der Waals surface area contributed by atoms with Crippen LogP contribution < -0.4 is 5.56 Å². The van der Waals surface area contributed by atoms with Crippen molar-refractivity contribution >= 4 is 5.91 Å². The lowest BCUT2D eigenvalue weighted by molar-refractivity contribution is 0.0671. The lowest BCUT2D eigenvalue weighted by atomic mass is 10.0. The Balaban J connectivity index is 1.74. The van der Waals surface area contributed by atoms with E-state index >= 15 is 0 Å². The van der Waals surface area contributed by atoms with Crippen LogP contribution >= 0.6 is 0 Å². The lowest BCUT2D eigenvalue weighted by Crippen LogP contribution is -2.41. The molecular weight excluding hydrogens is 308 g/mol. The van der Waals surface area contributed by atoms with E-state index in [2.05, 4.69) is 5.10 Å². The molecule has 1 amide bonds. The topological polar surface area (TPSA) is 69.4 Å². The highest BCUT2D eigenvalue weighted by molar-refractivity contribution is 5.94. The monoisotopic (exact) mass is 330 g/mol. The zero-order valence-electron chi connectivity index (χ0n) is 13.8. The first-order valence-corrected chi connectivity index (χ1v) is 8.17. The second-order valence-electron chi connectivity index (χ2n) is 5.98. The molecule has 0 N–H and O–H groups in total. The normalized spacial score (nSPS) is 17.9. The molecule has 1 aliphatic rings. The van der Waals surface area contributed by atoms with Gasteiger partial charge >= 0.3 is 0 Å². The van der Waals surface area contributed by atoms with E-state index in [1.54, 1.807) is 25.6 Å². The molecule has 0 saturated carbocycles. The zero-order chi connectivity index (χ0) is 16.9. The van der Waals surface area contributed by atoms with E-state index in [-0.39, 0.29) is 17.5 Å². The molecule has 1 atom stereocenters. The van der Waals surface area contributed by atoms with Gasteiger partial charge in [0, 0.05) is 51.4 Å². The van der Waals surface area contributed by atoms with E-state index in [0.29, 0.717) is 25.3 Å². The van der Waals surface area contributed by atoms with Crippen molar-refractivity contribution in [2.45, 2.75) is 25.4 Å². The predicted molar refractivity (Wildman–Crippen MR) is 89.0 cm³/mol. The van der Waals surface area contributed by atoms with Crippen molar-refractivity contribution in [3.63, 3.8) is 0 Å². The molecule has 24 heavy (non-hydrogen) atoms. The Kier molecular flexibility index (Phi) is 5.10. The highest BCUT2D eigenvalue weighted by Crippen LogP contribution is 2.21. The van der Waals surface area contributed by atoms with Crippen LogP contribution in [0.1, 0.15) is 29.2 Å². The molecule has 3 rings (SSSR count). The fraction of sp³-hybridized carbons (Fsp3) is 0.471. The standard InChI is InChI=1S/C17H22N4O3/c1-24-11-10-19-12-14(5-6-16(19)22)17(23)20-8-2-4-15(13-20)21-9-3-7-18-21/h3,5-7,9,12,15H,2,4,8,10-11,13H2,1H3/t15-/m0/s1. The molecule has 2 aromatic rings. The Hall–Kier alpha value is -2.41. The number of likely N-dealkylation sites (tertiary alicyclic amines) is 1. The Morgan fingerprint density at radius 3 is 3.04 bits per heavy atom. The maximum atomic E-state index is 12.8. The summed E-state index contributed by atoms with van der Waals surface area (Å²) in [5, 5.41) is 4.29. The number of hydrogen-bond donors (Lipinski definition) is 0. The number of piperidine rings is 1. The number of nitrogens with zero attached hydrogens (tertiary/aromatic N) is 4. The molecule has 1 aliphatic heterocycles. The molecule has 1 fully saturated rings. The molecule has 0 radical (unpaired) electrons. The van der Waals surface area contributed by atoms with Crippen molar-refractivity contribution in [1.29, 1.82) is 0 Å². The average molecular weight is 330 g/mol. The summed E-state index contributed by atoms with van der Waals surface area (Å²) in [7, 11) is 1.59. The number of pyridine rings is 1. The summed E-state index contributed by atoms with van der Waals surface area (Å²) in [6.07, 6.45) is 7.27. The van der Waals surface area contributed by atoms with Gasteiger partial charge in [0.05, 0.1) is 18.2 Å². The minimum atomic E-state index is -0.128. The second-order valence-corrected chi connectivity index (χ2v) is 5.98. The quantitative estimate of drug-likeness (QED) is 0.825. The van der Waals surface area contributed by atoms with Crippen LogP contribution in [0.5, 0.6) is 0 Å². The molecule has 0 aliphatic carbocycles. The smallest absolute Gasteiger partial charge is 0.255 e. The third-order valence-electron chi connectivity index (χ3n) is 4.35. The molecule has 0 spiro atoms. The van der Waals surface area contributed by atoms with Gasteiger partial charge in [-0.3, -0.25) is 14.3 Å². The predicted octanol–water partition coefficient (Wildman–Crippen LogP) is 1.17. The minimum absolute atomic E-state index is 0.0435. The number of methoxy groups -OCH3 is 1. The minimum Gasteiger partial charge on any atom is -0.383 e. The fourth-order valence-corrected chi connectivity index (χ4v) is 3.06. The lowest BCUT2D eigenvalue weighted by Gasteiger charge is -2.33. The third-order valence-corrected chi connectivity index (χ3v) is 4.35. The van der Waals surface area contributed by atoms with Crippen LogP contribution in [0.4, 0.5) is 0 Å². The van der Waals surface area contributed by atoms with E-state index in [4.69, 9.17) is 4.74 Å². The first kappa shape index (κ1) is 16.4. The number of carbonyl (C=O) groups excluding carboxylic acids is 1. The number of amides is 1. The van der Waals surface area contributed by atoms with Gasteiger partial charge in [-0.2, -0.15) is 5.10 Å². The maximum Gasteiger partial charge on any atom is 0.255 e. The molecule has 0 bridgehead atoms. The van der Waals surface area contributed by atoms with Gasteiger partial charge in [-0.25, -0.2) is 0 Å². The van der Waals surface area contributed by atoms with Crippen molar-refractivity contribution in [2.24, 2.45) is 0 Å². The summed E-state index contributed by atoms with van der Waals surface area (Å²) in [6, 6.07) is 5.15. The molecule has 2 aromatic heterocycles. The number of carbonyl (C=O) groups is 1. The van der Waals surface area contributed by atoms with Crippen LogP contribution in [0.3, 0.4) is 0 Å². The summed E-state index contributed by atoms with van der Waals surface area (Å²) in [6.45, 7) is 2.24. The van der Waals surface area contributed by atoms with Gasteiger partial charge in [0.15, 0.2) is 0 Å². The van der Waals surface area contributed by atoms with Crippen LogP contribution in [0.15, 0.2) is 41.6 Å². The van der Waals surface area contributed by atoms with Gasteiger partial charge in [-0.1, -0.05) is 0 Å². The van der Waals surface area contributed by atoms with Gasteiger partial charge in [0.2, 0.25) is 0 Å². The van der Waals surface area contributed by atoms with Crippen LogP contribution in [-0.2, 0) is 11.3 Å². The van der Waals surface area contributed by atoms with Crippen LogP contribution in [-0.4, -0.2) is 52.0 Å². The zero-order valence-corrected chi connectivity index (χ0v) is 13.8. The highest BCUT2D eigenvalue weighted by Gasteiger charge is 2.26. The molecule has 128 valence electrons. The van der Waals surface area contributed by atoms with Gasteiger partial charge in [-0.15, -0.1) is 0 Å².